The summed E-state index contributed by atoms with van der Waals surface area (Å²) in [6, 6.07) is 10.3. The number of benzene rings is 1. The number of nitrogens with zero attached hydrogens (tertiary/aromatic N) is 2. The van der Waals surface area contributed by atoms with Gasteiger partial charge in [-0.15, -0.1) is 0 Å². The van der Waals surface area contributed by atoms with E-state index in [9.17, 15) is 9.59 Å². The van der Waals surface area contributed by atoms with Crippen LogP contribution in [0.1, 0.15) is 37.7 Å². The Hall–Kier alpha value is -1.84. The number of hydrogen-bond donors (Lipinski definition) is 0. The summed E-state index contributed by atoms with van der Waals surface area (Å²) in [5.74, 6) is 0.961. The molecule has 110 valence electrons. The molecule has 0 bridgehead atoms. The van der Waals surface area contributed by atoms with E-state index in [-0.39, 0.29) is 11.9 Å². The second kappa shape index (κ2) is 4.33. The SMILES string of the molecule is C[C@]12CCCN1C(=O)N(C[C@H]1C[C@H]1c1ccccc1)C2=O. The minimum atomic E-state index is -0.561. The van der Waals surface area contributed by atoms with Gasteiger partial charge in [0.05, 0.1) is 0 Å². The summed E-state index contributed by atoms with van der Waals surface area (Å²) < 4.78 is 0. The number of amides is 3. The van der Waals surface area contributed by atoms with E-state index in [0.29, 0.717) is 18.4 Å². The Kier molecular flexibility index (Phi) is 2.65. The first-order chi connectivity index (χ1) is 10.1. The monoisotopic (exact) mass is 284 g/mol. The molecule has 2 aliphatic heterocycles. The molecule has 3 atom stereocenters. The maximum Gasteiger partial charge on any atom is 0.327 e. The highest BCUT2D eigenvalue weighted by atomic mass is 16.2. The number of carbonyl (C=O) groups excluding carboxylic acids is 2. The van der Waals surface area contributed by atoms with E-state index in [2.05, 4.69) is 12.1 Å². The predicted molar refractivity (Wildman–Crippen MR) is 78.7 cm³/mol. The molecular weight excluding hydrogens is 264 g/mol. The van der Waals surface area contributed by atoms with Gasteiger partial charge in [0, 0.05) is 13.1 Å². The van der Waals surface area contributed by atoms with Gasteiger partial charge in [0.2, 0.25) is 0 Å². The van der Waals surface area contributed by atoms with Crippen LogP contribution in [0.2, 0.25) is 0 Å². The van der Waals surface area contributed by atoms with Crippen molar-refractivity contribution in [3.8, 4) is 0 Å². The molecule has 1 saturated carbocycles. The average molecular weight is 284 g/mol. The Balaban J connectivity index is 1.47. The van der Waals surface area contributed by atoms with Gasteiger partial charge in [0.25, 0.3) is 5.91 Å². The summed E-state index contributed by atoms with van der Waals surface area (Å²) in [7, 11) is 0. The maximum atomic E-state index is 12.6. The van der Waals surface area contributed by atoms with Gasteiger partial charge >= 0.3 is 6.03 Å². The van der Waals surface area contributed by atoms with Crippen LogP contribution in [0.4, 0.5) is 4.79 Å². The van der Waals surface area contributed by atoms with Crippen LogP contribution in [0.15, 0.2) is 30.3 Å². The first kappa shape index (κ1) is 12.9. The topological polar surface area (TPSA) is 40.6 Å². The number of hydrogen-bond acceptors (Lipinski definition) is 2. The lowest BCUT2D eigenvalue weighted by Gasteiger charge is -2.22. The number of rotatable bonds is 3. The smallest absolute Gasteiger partial charge is 0.310 e. The van der Waals surface area contributed by atoms with Crippen molar-refractivity contribution in [2.24, 2.45) is 5.92 Å². The van der Waals surface area contributed by atoms with Crippen LogP contribution in [0.5, 0.6) is 0 Å². The summed E-state index contributed by atoms with van der Waals surface area (Å²) in [6.45, 7) is 3.23. The number of urea groups is 1. The summed E-state index contributed by atoms with van der Waals surface area (Å²) in [5, 5.41) is 0. The lowest BCUT2D eigenvalue weighted by Crippen LogP contribution is -2.41. The summed E-state index contributed by atoms with van der Waals surface area (Å²) in [6.07, 6.45) is 2.83. The molecule has 4 rings (SSSR count). The highest BCUT2D eigenvalue weighted by Gasteiger charge is 2.57. The standard InChI is InChI=1S/C17H20N2O2/c1-17-8-5-9-19(17)16(21)18(15(17)20)11-13-10-14(13)12-6-3-2-4-7-12/h2-4,6-7,13-14H,5,8-11H2,1H3/t13-,14+,17-/m1/s1. The number of carbonyl (C=O) groups is 2. The van der Waals surface area contributed by atoms with E-state index in [4.69, 9.17) is 0 Å². The minimum Gasteiger partial charge on any atom is -0.310 e. The zero-order valence-corrected chi connectivity index (χ0v) is 12.3. The van der Waals surface area contributed by atoms with Crippen molar-refractivity contribution in [2.75, 3.05) is 13.1 Å². The summed E-state index contributed by atoms with van der Waals surface area (Å²) in [5.41, 5.74) is 0.766. The van der Waals surface area contributed by atoms with E-state index in [0.717, 1.165) is 25.8 Å². The van der Waals surface area contributed by atoms with Gasteiger partial charge in [-0.25, -0.2) is 4.79 Å². The third kappa shape index (κ3) is 1.81. The fraction of sp³-hybridized carbons (Fsp3) is 0.529. The van der Waals surface area contributed by atoms with Crippen LogP contribution < -0.4 is 0 Å². The largest absolute Gasteiger partial charge is 0.327 e. The Morgan fingerprint density at radius 1 is 1.24 bits per heavy atom. The highest BCUT2D eigenvalue weighted by Crippen LogP contribution is 2.49. The molecule has 4 nitrogen and oxygen atoms in total. The molecular formula is C17H20N2O2. The molecule has 1 aromatic carbocycles. The van der Waals surface area contributed by atoms with Crippen molar-refractivity contribution in [1.29, 1.82) is 0 Å². The molecule has 0 aromatic heterocycles. The molecule has 1 aliphatic carbocycles. The maximum absolute atomic E-state index is 12.6. The van der Waals surface area contributed by atoms with Crippen LogP contribution in [-0.4, -0.2) is 40.4 Å². The molecule has 0 N–H and O–H groups in total. The molecule has 0 unspecified atom stereocenters. The average Bonchev–Trinajstić information content (AvgIpc) is 3.13. The molecule has 3 amide bonds. The molecule has 3 aliphatic rings. The van der Waals surface area contributed by atoms with Crippen molar-refractivity contribution in [3.05, 3.63) is 35.9 Å². The molecule has 21 heavy (non-hydrogen) atoms. The first-order valence-corrected chi connectivity index (χ1v) is 7.80. The van der Waals surface area contributed by atoms with Gasteiger partial charge in [-0.3, -0.25) is 9.69 Å². The van der Waals surface area contributed by atoms with Gasteiger partial charge in [0.15, 0.2) is 0 Å². The third-order valence-corrected chi connectivity index (χ3v) is 5.38. The second-order valence-corrected chi connectivity index (χ2v) is 6.74. The van der Waals surface area contributed by atoms with Crippen LogP contribution in [-0.2, 0) is 4.79 Å². The van der Waals surface area contributed by atoms with E-state index in [1.165, 1.54) is 10.5 Å². The van der Waals surface area contributed by atoms with Crippen molar-refractivity contribution in [3.63, 3.8) is 0 Å². The lowest BCUT2D eigenvalue weighted by molar-refractivity contribution is -0.132. The van der Waals surface area contributed by atoms with E-state index >= 15 is 0 Å². The molecule has 4 heteroatoms. The van der Waals surface area contributed by atoms with Crippen molar-refractivity contribution in [1.82, 2.24) is 9.80 Å². The van der Waals surface area contributed by atoms with Crippen LogP contribution in [0.25, 0.3) is 0 Å². The normalized spacial score (nSPS) is 34.5. The molecule has 1 aromatic rings. The van der Waals surface area contributed by atoms with Gasteiger partial charge in [0.1, 0.15) is 5.54 Å². The quantitative estimate of drug-likeness (QED) is 0.801. The van der Waals surface area contributed by atoms with E-state index in [1.54, 1.807) is 4.90 Å². The van der Waals surface area contributed by atoms with E-state index in [1.807, 2.05) is 25.1 Å². The van der Waals surface area contributed by atoms with Crippen LogP contribution in [0.3, 0.4) is 0 Å². The number of imide groups is 1. The van der Waals surface area contributed by atoms with Crippen LogP contribution in [0, 0.1) is 5.92 Å². The van der Waals surface area contributed by atoms with Gasteiger partial charge in [-0.05, 0) is 43.6 Å². The molecule has 0 spiro atoms. The van der Waals surface area contributed by atoms with Crippen LogP contribution >= 0.6 is 0 Å². The Morgan fingerprint density at radius 3 is 2.71 bits per heavy atom. The second-order valence-electron chi connectivity index (χ2n) is 6.74. The summed E-state index contributed by atoms with van der Waals surface area (Å²) >= 11 is 0. The van der Waals surface area contributed by atoms with Crippen molar-refractivity contribution < 1.29 is 9.59 Å². The Bertz CT molecular complexity index is 600. The summed E-state index contributed by atoms with van der Waals surface area (Å²) in [4.78, 5) is 28.3. The molecule has 2 heterocycles. The van der Waals surface area contributed by atoms with Gasteiger partial charge in [-0.2, -0.15) is 0 Å². The van der Waals surface area contributed by atoms with Crippen molar-refractivity contribution >= 4 is 11.9 Å². The molecule has 0 radical (unpaired) electrons. The minimum absolute atomic E-state index is 0.0173. The number of fused-ring (bicyclic) bond motifs is 1. The zero-order valence-electron chi connectivity index (χ0n) is 12.3. The lowest BCUT2D eigenvalue weighted by atomic mass is 9.99. The van der Waals surface area contributed by atoms with Gasteiger partial charge in [-0.1, -0.05) is 30.3 Å². The molecule has 3 fully saturated rings. The predicted octanol–water partition coefficient (Wildman–Crippen LogP) is 2.61. The zero-order chi connectivity index (χ0) is 14.6. The highest BCUT2D eigenvalue weighted by molar-refractivity contribution is 6.07. The van der Waals surface area contributed by atoms with Crippen molar-refractivity contribution in [2.45, 2.75) is 37.6 Å². The first-order valence-electron chi connectivity index (χ1n) is 7.80. The molecule has 2 saturated heterocycles. The fourth-order valence-corrected chi connectivity index (χ4v) is 3.97. The Morgan fingerprint density at radius 2 is 2.00 bits per heavy atom. The fourth-order valence-electron chi connectivity index (χ4n) is 3.97. The third-order valence-electron chi connectivity index (χ3n) is 5.38. The van der Waals surface area contributed by atoms with Gasteiger partial charge < -0.3 is 4.90 Å². The Labute approximate surface area is 124 Å². The van der Waals surface area contributed by atoms with E-state index < -0.39 is 5.54 Å².